The molecule has 1 atom stereocenters. The van der Waals surface area contributed by atoms with Crippen LogP contribution in [0.2, 0.25) is 0 Å². The highest BCUT2D eigenvalue weighted by atomic mass is 35.5. The number of hydrogen-bond donors (Lipinski definition) is 1. The third-order valence-corrected chi connectivity index (χ3v) is 10.1. The Bertz CT molecular complexity index is 1700. The van der Waals surface area contributed by atoms with Crippen molar-refractivity contribution in [3.8, 4) is 0 Å². The molecule has 1 aliphatic rings. The number of hydrogen-bond acceptors (Lipinski definition) is 5. The third kappa shape index (κ3) is 5.76. The van der Waals surface area contributed by atoms with Gasteiger partial charge in [0.25, 0.3) is 0 Å². The van der Waals surface area contributed by atoms with Gasteiger partial charge in [0.15, 0.2) is 0 Å². The number of rotatable bonds is 8. The van der Waals surface area contributed by atoms with Gasteiger partial charge in [0.1, 0.15) is 5.82 Å². The third-order valence-electron chi connectivity index (χ3n) is 7.23. The van der Waals surface area contributed by atoms with Gasteiger partial charge in [0.2, 0.25) is 20.0 Å². The first kappa shape index (κ1) is 29.2. The first-order chi connectivity index (χ1) is 18.1. The fourth-order valence-electron chi connectivity index (χ4n) is 5.20. The lowest BCUT2D eigenvalue weighted by Gasteiger charge is -2.36. The van der Waals surface area contributed by atoms with E-state index < -0.39 is 26.1 Å². The van der Waals surface area contributed by atoms with Gasteiger partial charge in [-0.2, -0.15) is 4.31 Å². The van der Waals surface area contributed by atoms with Crippen LogP contribution < -0.4 is 17.5 Å². The van der Waals surface area contributed by atoms with Crippen LogP contribution in [0.25, 0.3) is 11.0 Å². The predicted octanol–water partition coefficient (Wildman–Crippen LogP) is 1.33. The predicted molar refractivity (Wildman–Crippen MR) is 148 cm³/mol. The van der Waals surface area contributed by atoms with Crippen molar-refractivity contribution in [1.29, 1.82) is 0 Å². The highest BCUT2D eigenvalue weighted by Gasteiger charge is 2.37. The molecule has 0 saturated heterocycles. The SMILES string of the molecule is CCCCn1c(CC2c3ccccc3CCN2S(=O)(=O)c2ccc(C)cc2)nc2cc(S(N)(=O)=O)ccc21.[Cl-]. The second-order valence-electron chi connectivity index (χ2n) is 9.83. The summed E-state index contributed by atoms with van der Waals surface area (Å²) in [4.78, 5) is 5.10. The molecular formula is C28H32ClN4O4S2-. The topological polar surface area (TPSA) is 115 Å². The molecule has 0 fully saturated rings. The Balaban J connectivity index is 0.00000353. The zero-order chi connectivity index (χ0) is 27.1. The second kappa shape index (κ2) is 11.4. The fraction of sp³-hybridized carbons (Fsp3) is 0.321. The molecule has 8 nitrogen and oxygen atoms in total. The van der Waals surface area contributed by atoms with Crippen molar-refractivity contribution < 1.29 is 29.2 Å². The molecule has 0 aliphatic carbocycles. The Morgan fingerprint density at radius 2 is 1.67 bits per heavy atom. The molecule has 5 rings (SSSR count). The molecule has 1 aliphatic heterocycles. The maximum Gasteiger partial charge on any atom is 0.243 e. The van der Waals surface area contributed by atoms with Gasteiger partial charge >= 0.3 is 0 Å². The molecule has 0 saturated carbocycles. The number of aryl methyl sites for hydroxylation is 2. The minimum atomic E-state index is -3.88. The second-order valence-corrected chi connectivity index (χ2v) is 13.3. The largest absolute Gasteiger partial charge is 1.00 e. The van der Waals surface area contributed by atoms with Crippen LogP contribution >= 0.6 is 0 Å². The summed E-state index contributed by atoms with van der Waals surface area (Å²) in [6.07, 6.45) is 2.85. The van der Waals surface area contributed by atoms with E-state index in [2.05, 4.69) is 17.6 Å². The van der Waals surface area contributed by atoms with Crippen molar-refractivity contribution in [3.63, 3.8) is 0 Å². The van der Waals surface area contributed by atoms with Crippen LogP contribution in [0.1, 0.15) is 48.3 Å². The molecule has 2 heterocycles. The Kier molecular flexibility index (Phi) is 8.53. The molecule has 0 radical (unpaired) electrons. The number of aromatic nitrogens is 2. The maximum absolute atomic E-state index is 13.9. The number of imidazole rings is 1. The zero-order valence-electron chi connectivity index (χ0n) is 21.9. The number of halogens is 1. The van der Waals surface area contributed by atoms with Gasteiger partial charge in [-0.3, -0.25) is 0 Å². The molecule has 0 bridgehead atoms. The van der Waals surface area contributed by atoms with E-state index in [0.29, 0.717) is 37.3 Å². The molecule has 4 aromatic rings. The molecule has 0 spiro atoms. The molecule has 11 heteroatoms. The molecule has 39 heavy (non-hydrogen) atoms. The number of nitrogens with zero attached hydrogens (tertiary/aromatic N) is 3. The molecule has 1 unspecified atom stereocenters. The van der Waals surface area contributed by atoms with Crippen molar-refractivity contribution >= 4 is 31.1 Å². The van der Waals surface area contributed by atoms with Gasteiger partial charge in [0, 0.05) is 19.5 Å². The Morgan fingerprint density at radius 1 is 0.974 bits per heavy atom. The number of primary sulfonamides is 1. The van der Waals surface area contributed by atoms with E-state index in [4.69, 9.17) is 10.1 Å². The molecule has 2 N–H and O–H groups in total. The van der Waals surface area contributed by atoms with Crippen molar-refractivity contribution in [2.45, 2.75) is 61.9 Å². The lowest BCUT2D eigenvalue weighted by molar-refractivity contribution is -0.0000133. The van der Waals surface area contributed by atoms with Gasteiger partial charge in [-0.1, -0.05) is 55.3 Å². The van der Waals surface area contributed by atoms with Gasteiger partial charge in [0.05, 0.1) is 26.9 Å². The van der Waals surface area contributed by atoms with Crippen LogP contribution in [0, 0.1) is 6.92 Å². The minimum Gasteiger partial charge on any atom is -1.00 e. The molecule has 3 aromatic carbocycles. The van der Waals surface area contributed by atoms with Crippen LogP contribution in [0.4, 0.5) is 0 Å². The molecule has 0 amide bonds. The van der Waals surface area contributed by atoms with Crippen LogP contribution in [-0.4, -0.2) is 37.2 Å². The van der Waals surface area contributed by atoms with Crippen molar-refractivity contribution in [1.82, 2.24) is 13.9 Å². The zero-order valence-corrected chi connectivity index (χ0v) is 24.3. The van der Waals surface area contributed by atoms with E-state index >= 15 is 0 Å². The van der Waals surface area contributed by atoms with Crippen LogP contribution in [0.5, 0.6) is 0 Å². The van der Waals surface area contributed by atoms with E-state index in [9.17, 15) is 16.8 Å². The Morgan fingerprint density at radius 3 is 2.36 bits per heavy atom. The summed E-state index contributed by atoms with van der Waals surface area (Å²) in [6.45, 7) is 5.09. The van der Waals surface area contributed by atoms with Crippen molar-refractivity contribution in [2.75, 3.05) is 6.54 Å². The smallest absolute Gasteiger partial charge is 0.243 e. The van der Waals surface area contributed by atoms with Crippen LogP contribution in [-0.2, 0) is 39.4 Å². The quantitative estimate of drug-likeness (QED) is 0.334. The molecular weight excluding hydrogens is 556 g/mol. The van der Waals surface area contributed by atoms with E-state index in [1.165, 1.54) is 12.1 Å². The van der Waals surface area contributed by atoms with Gasteiger partial charge in [-0.15, -0.1) is 0 Å². The van der Waals surface area contributed by atoms with E-state index in [1.54, 1.807) is 22.5 Å². The highest BCUT2D eigenvalue weighted by molar-refractivity contribution is 7.89. The summed E-state index contributed by atoms with van der Waals surface area (Å²) in [7, 11) is -7.66. The van der Waals surface area contributed by atoms with E-state index in [0.717, 1.165) is 35.0 Å². The van der Waals surface area contributed by atoms with E-state index in [-0.39, 0.29) is 22.2 Å². The maximum atomic E-state index is 13.9. The lowest BCUT2D eigenvalue weighted by atomic mass is 9.92. The van der Waals surface area contributed by atoms with Crippen molar-refractivity contribution in [3.05, 3.63) is 89.2 Å². The van der Waals surface area contributed by atoms with Gasteiger partial charge < -0.3 is 17.0 Å². The average Bonchev–Trinajstić information content (AvgIpc) is 3.23. The Hall–Kier alpha value is -2.76. The summed E-state index contributed by atoms with van der Waals surface area (Å²) in [6, 6.07) is 19.2. The number of nitrogens with two attached hydrogens (primary N) is 1. The normalized spacial score (nSPS) is 16.1. The minimum absolute atomic E-state index is 0. The first-order valence-corrected chi connectivity index (χ1v) is 15.8. The van der Waals surface area contributed by atoms with Crippen molar-refractivity contribution in [2.24, 2.45) is 5.14 Å². The number of sulfonamides is 2. The van der Waals surface area contributed by atoms with Gasteiger partial charge in [-0.25, -0.2) is 27.0 Å². The average molecular weight is 588 g/mol. The van der Waals surface area contributed by atoms with Crippen LogP contribution in [0.3, 0.4) is 0 Å². The number of fused-ring (bicyclic) bond motifs is 2. The number of unbranched alkanes of at least 4 members (excludes halogenated alkanes) is 1. The molecule has 208 valence electrons. The summed E-state index contributed by atoms with van der Waals surface area (Å²) < 4.78 is 55.4. The lowest BCUT2D eigenvalue weighted by Crippen LogP contribution is -3.00. The monoisotopic (exact) mass is 587 g/mol. The first-order valence-electron chi connectivity index (χ1n) is 12.8. The summed E-state index contributed by atoms with van der Waals surface area (Å²) in [5.41, 5.74) is 4.42. The fourth-order valence-corrected chi connectivity index (χ4v) is 7.34. The summed E-state index contributed by atoms with van der Waals surface area (Å²) in [5, 5.41) is 5.37. The highest BCUT2D eigenvalue weighted by Crippen LogP contribution is 2.37. The van der Waals surface area contributed by atoms with Gasteiger partial charge in [-0.05, 0) is 61.2 Å². The van der Waals surface area contributed by atoms with E-state index in [1.807, 2.05) is 37.3 Å². The van der Waals surface area contributed by atoms with Crippen LogP contribution in [0.15, 0.2) is 76.5 Å². The standard InChI is InChI=1S/C28H32N4O4S2.ClH/c1-3-4-16-31-26-14-13-23(37(29,33)34)18-25(26)30-28(31)19-27-24-8-6-5-7-21(24)15-17-32(27)38(35,36)22-11-9-20(2)10-12-22;/h5-14,18,27H,3-4,15-17,19H2,1-2H3,(H2,29,33,34);1H/p-1. The summed E-state index contributed by atoms with van der Waals surface area (Å²) >= 11 is 0. The number of benzene rings is 3. The molecule has 1 aromatic heterocycles. The summed E-state index contributed by atoms with van der Waals surface area (Å²) in [5.74, 6) is 0.714. The Labute approximate surface area is 236 Å².